The van der Waals surface area contributed by atoms with E-state index in [4.69, 9.17) is 4.98 Å². The molecule has 2 aliphatic rings. The van der Waals surface area contributed by atoms with Crippen molar-refractivity contribution < 1.29 is 5.11 Å². The minimum atomic E-state index is 0.154. The molecule has 0 unspecified atom stereocenters. The highest BCUT2D eigenvalue weighted by Crippen LogP contribution is 2.44. The van der Waals surface area contributed by atoms with Crippen molar-refractivity contribution in [1.82, 2.24) is 4.98 Å². The lowest BCUT2D eigenvalue weighted by Crippen LogP contribution is -2.29. The van der Waals surface area contributed by atoms with Crippen LogP contribution in [0.4, 0.5) is 5.13 Å². The van der Waals surface area contributed by atoms with Crippen molar-refractivity contribution >= 4 is 16.5 Å². The fourth-order valence-corrected chi connectivity index (χ4v) is 3.42. The fourth-order valence-electron chi connectivity index (χ4n) is 2.44. The van der Waals surface area contributed by atoms with Gasteiger partial charge in [0.2, 0.25) is 0 Å². The lowest BCUT2D eigenvalue weighted by molar-refractivity contribution is 0.284. The second kappa shape index (κ2) is 4.58. The van der Waals surface area contributed by atoms with Gasteiger partial charge in [-0.25, -0.2) is 4.98 Å². The van der Waals surface area contributed by atoms with E-state index in [1.54, 1.807) is 11.3 Å². The molecule has 1 N–H and O–H groups in total. The summed E-state index contributed by atoms with van der Waals surface area (Å²) in [5.74, 6) is 1.50. The normalized spacial score (nSPS) is 20.4. The van der Waals surface area contributed by atoms with E-state index in [2.05, 4.69) is 11.9 Å². The van der Waals surface area contributed by atoms with Crippen molar-refractivity contribution in [2.75, 3.05) is 18.5 Å². The standard InChI is InChI=1S/C13H20N2OS/c1-15(7-9-3-2-4-9)13-14-12(10-5-6-10)11(8-16)17-13/h9-10,16H,2-8H2,1H3. The topological polar surface area (TPSA) is 36.4 Å². The predicted octanol–water partition coefficient (Wildman–Crippen LogP) is 2.75. The van der Waals surface area contributed by atoms with Crippen LogP contribution in [-0.4, -0.2) is 23.7 Å². The molecule has 0 spiro atoms. The highest BCUT2D eigenvalue weighted by atomic mass is 32.1. The zero-order valence-corrected chi connectivity index (χ0v) is 11.2. The van der Waals surface area contributed by atoms with E-state index in [0.29, 0.717) is 5.92 Å². The van der Waals surface area contributed by atoms with Crippen LogP contribution in [0.2, 0.25) is 0 Å². The largest absolute Gasteiger partial charge is 0.391 e. The lowest BCUT2D eigenvalue weighted by atomic mass is 9.85. The van der Waals surface area contributed by atoms with Gasteiger partial charge in [-0.15, -0.1) is 0 Å². The Morgan fingerprint density at radius 2 is 2.12 bits per heavy atom. The Bertz CT molecular complexity index is 396. The summed E-state index contributed by atoms with van der Waals surface area (Å²) in [6.07, 6.45) is 6.65. The van der Waals surface area contributed by atoms with Gasteiger partial charge in [0.25, 0.3) is 0 Å². The van der Waals surface area contributed by atoms with Crippen molar-refractivity contribution in [3.8, 4) is 0 Å². The number of thiazole rings is 1. The van der Waals surface area contributed by atoms with Gasteiger partial charge in [-0.1, -0.05) is 17.8 Å². The number of aromatic nitrogens is 1. The van der Waals surface area contributed by atoms with E-state index >= 15 is 0 Å². The van der Waals surface area contributed by atoms with Crippen LogP contribution >= 0.6 is 11.3 Å². The molecule has 2 aliphatic carbocycles. The Kier molecular flexibility index (Phi) is 3.09. The van der Waals surface area contributed by atoms with E-state index in [0.717, 1.165) is 22.5 Å². The quantitative estimate of drug-likeness (QED) is 0.875. The van der Waals surface area contributed by atoms with Crippen LogP contribution < -0.4 is 4.90 Å². The average molecular weight is 252 g/mol. The van der Waals surface area contributed by atoms with Crippen molar-refractivity contribution in [3.05, 3.63) is 10.6 Å². The van der Waals surface area contributed by atoms with Gasteiger partial charge in [0.05, 0.1) is 17.2 Å². The molecule has 0 amide bonds. The maximum atomic E-state index is 9.38. The SMILES string of the molecule is CN(CC1CCC1)c1nc(C2CC2)c(CO)s1. The second-order valence-electron chi connectivity index (χ2n) is 5.41. The lowest BCUT2D eigenvalue weighted by Gasteiger charge is -2.29. The number of hydrogen-bond acceptors (Lipinski definition) is 4. The third kappa shape index (κ3) is 2.33. The van der Waals surface area contributed by atoms with Crippen LogP contribution in [0.5, 0.6) is 0 Å². The number of rotatable bonds is 5. The highest BCUT2D eigenvalue weighted by Gasteiger charge is 2.30. The monoisotopic (exact) mass is 252 g/mol. The first kappa shape index (κ1) is 11.5. The molecule has 2 saturated carbocycles. The summed E-state index contributed by atoms with van der Waals surface area (Å²) in [6.45, 7) is 1.28. The predicted molar refractivity (Wildman–Crippen MR) is 70.6 cm³/mol. The first-order valence-electron chi connectivity index (χ1n) is 6.59. The Hall–Kier alpha value is -0.610. The van der Waals surface area contributed by atoms with Gasteiger partial charge < -0.3 is 10.0 Å². The van der Waals surface area contributed by atoms with Gasteiger partial charge in [0.15, 0.2) is 5.13 Å². The molecular formula is C13H20N2OS. The van der Waals surface area contributed by atoms with Crippen LogP contribution in [0.25, 0.3) is 0 Å². The Balaban J connectivity index is 1.72. The summed E-state index contributed by atoms with van der Waals surface area (Å²) < 4.78 is 0. The molecule has 4 heteroatoms. The number of aliphatic hydroxyl groups is 1. The van der Waals surface area contributed by atoms with Crippen LogP contribution in [0.1, 0.15) is 48.6 Å². The molecule has 17 heavy (non-hydrogen) atoms. The van der Waals surface area contributed by atoms with Gasteiger partial charge in [0.1, 0.15) is 0 Å². The molecule has 3 rings (SSSR count). The zero-order valence-electron chi connectivity index (χ0n) is 10.4. The van der Waals surface area contributed by atoms with Crippen LogP contribution in [0.15, 0.2) is 0 Å². The Labute approximate surface area is 106 Å². The van der Waals surface area contributed by atoms with Gasteiger partial charge in [-0.05, 0) is 31.6 Å². The summed E-state index contributed by atoms with van der Waals surface area (Å²) in [4.78, 5) is 8.10. The smallest absolute Gasteiger partial charge is 0.185 e. The number of anilines is 1. The minimum absolute atomic E-state index is 0.154. The second-order valence-corrected chi connectivity index (χ2v) is 6.48. The molecular weight excluding hydrogens is 232 g/mol. The van der Waals surface area contributed by atoms with E-state index in [9.17, 15) is 5.11 Å². The first-order chi connectivity index (χ1) is 8.28. The van der Waals surface area contributed by atoms with Gasteiger partial charge in [-0.2, -0.15) is 0 Å². The van der Waals surface area contributed by atoms with Crippen molar-refractivity contribution in [3.63, 3.8) is 0 Å². The van der Waals surface area contributed by atoms with Crippen LogP contribution in [0.3, 0.4) is 0 Å². The van der Waals surface area contributed by atoms with E-state index in [-0.39, 0.29) is 6.61 Å². The summed E-state index contributed by atoms with van der Waals surface area (Å²) in [5, 5.41) is 10.5. The molecule has 0 atom stereocenters. The summed E-state index contributed by atoms with van der Waals surface area (Å²) in [7, 11) is 2.13. The third-order valence-corrected chi connectivity index (χ3v) is 5.08. The molecule has 1 heterocycles. The number of aliphatic hydroxyl groups excluding tert-OH is 1. The van der Waals surface area contributed by atoms with E-state index < -0.39 is 0 Å². The summed E-state index contributed by atoms with van der Waals surface area (Å²) in [5.41, 5.74) is 1.17. The first-order valence-corrected chi connectivity index (χ1v) is 7.41. The molecule has 0 radical (unpaired) electrons. The third-order valence-electron chi connectivity index (χ3n) is 3.91. The maximum Gasteiger partial charge on any atom is 0.185 e. The Morgan fingerprint density at radius 1 is 1.35 bits per heavy atom. The molecule has 0 bridgehead atoms. The van der Waals surface area contributed by atoms with Crippen molar-refractivity contribution in [1.29, 1.82) is 0 Å². The van der Waals surface area contributed by atoms with Gasteiger partial charge in [0, 0.05) is 19.5 Å². The number of nitrogens with zero attached hydrogens (tertiary/aromatic N) is 2. The molecule has 0 aliphatic heterocycles. The summed E-state index contributed by atoms with van der Waals surface area (Å²) in [6, 6.07) is 0. The van der Waals surface area contributed by atoms with E-state index in [1.165, 1.54) is 37.8 Å². The number of hydrogen-bond donors (Lipinski definition) is 1. The molecule has 94 valence electrons. The van der Waals surface area contributed by atoms with Crippen LogP contribution in [0, 0.1) is 5.92 Å². The average Bonchev–Trinajstić information content (AvgIpc) is 3.03. The Morgan fingerprint density at radius 3 is 2.65 bits per heavy atom. The molecule has 3 nitrogen and oxygen atoms in total. The fraction of sp³-hybridized carbons (Fsp3) is 0.769. The van der Waals surface area contributed by atoms with E-state index in [1.807, 2.05) is 0 Å². The van der Waals surface area contributed by atoms with Crippen molar-refractivity contribution in [2.45, 2.75) is 44.6 Å². The van der Waals surface area contributed by atoms with Crippen LogP contribution in [-0.2, 0) is 6.61 Å². The zero-order chi connectivity index (χ0) is 11.8. The van der Waals surface area contributed by atoms with Gasteiger partial charge >= 0.3 is 0 Å². The molecule has 0 aromatic carbocycles. The molecule has 1 aromatic rings. The maximum absolute atomic E-state index is 9.38. The van der Waals surface area contributed by atoms with Crippen molar-refractivity contribution in [2.24, 2.45) is 5.92 Å². The summed E-state index contributed by atoms with van der Waals surface area (Å²) >= 11 is 1.68. The molecule has 1 aromatic heterocycles. The minimum Gasteiger partial charge on any atom is -0.391 e. The molecule has 2 fully saturated rings. The van der Waals surface area contributed by atoms with Gasteiger partial charge in [-0.3, -0.25) is 0 Å². The highest BCUT2D eigenvalue weighted by molar-refractivity contribution is 7.15. The molecule has 0 saturated heterocycles.